The molecule has 1 saturated heterocycles. The van der Waals surface area contributed by atoms with Crippen molar-refractivity contribution in [1.29, 1.82) is 0 Å². The minimum absolute atomic E-state index is 0.118. The number of nitrogens with zero attached hydrogens (tertiary/aromatic N) is 6. The third-order valence-corrected chi connectivity index (χ3v) is 4.15. The molecule has 110 valence electrons. The Morgan fingerprint density at radius 2 is 2.24 bits per heavy atom. The summed E-state index contributed by atoms with van der Waals surface area (Å²) in [4.78, 5) is 15.2. The van der Waals surface area contributed by atoms with Crippen LogP contribution in [0.5, 0.6) is 0 Å². The highest BCUT2D eigenvalue weighted by atomic mass is 16.5. The van der Waals surface area contributed by atoms with E-state index in [1.165, 1.54) is 17.7 Å². The average Bonchev–Trinajstić information content (AvgIpc) is 3.18. The van der Waals surface area contributed by atoms with Crippen LogP contribution in [0.3, 0.4) is 0 Å². The molecule has 1 unspecified atom stereocenters. The summed E-state index contributed by atoms with van der Waals surface area (Å²) >= 11 is 0. The Morgan fingerprint density at radius 1 is 1.24 bits per heavy atom. The first-order valence-electron chi connectivity index (χ1n) is 7.42. The third kappa shape index (κ3) is 2.49. The summed E-state index contributed by atoms with van der Waals surface area (Å²) in [5.74, 6) is 1.10. The highest BCUT2D eigenvalue weighted by molar-refractivity contribution is 5.50. The van der Waals surface area contributed by atoms with Crippen LogP contribution in [0.15, 0.2) is 19.0 Å². The topological polar surface area (TPSA) is 69.0 Å². The quantitative estimate of drug-likeness (QED) is 0.816. The van der Waals surface area contributed by atoms with Gasteiger partial charge < -0.3 is 9.64 Å². The molecule has 2 aromatic rings. The van der Waals surface area contributed by atoms with Crippen LogP contribution in [0.2, 0.25) is 0 Å². The lowest BCUT2D eigenvalue weighted by Gasteiger charge is -2.34. The molecule has 1 fully saturated rings. The van der Waals surface area contributed by atoms with Crippen molar-refractivity contribution >= 4 is 5.82 Å². The Balaban J connectivity index is 1.52. The second-order valence-corrected chi connectivity index (χ2v) is 5.53. The maximum absolute atomic E-state index is 5.85. The molecule has 0 radical (unpaired) electrons. The number of hydrogen-bond acceptors (Lipinski definition) is 6. The van der Waals surface area contributed by atoms with Crippen LogP contribution in [0.1, 0.15) is 17.7 Å². The summed E-state index contributed by atoms with van der Waals surface area (Å²) in [5, 5.41) is 4.15. The van der Waals surface area contributed by atoms with Gasteiger partial charge in [-0.3, -0.25) is 4.68 Å². The van der Waals surface area contributed by atoms with E-state index in [2.05, 4.69) is 25.0 Å². The van der Waals surface area contributed by atoms with Gasteiger partial charge in [0.15, 0.2) is 0 Å². The standard InChI is InChI=1S/C14H18N6O/c1-2-12-13(3-1)16-9-17-14(12)19-4-5-21-11(6-19)7-20-10-15-8-18-20/h8-11H,1-7H2. The summed E-state index contributed by atoms with van der Waals surface area (Å²) in [6.45, 7) is 3.17. The number of aryl methyl sites for hydroxylation is 1. The first kappa shape index (κ1) is 12.7. The molecule has 0 aromatic carbocycles. The van der Waals surface area contributed by atoms with Gasteiger partial charge in [-0.15, -0.1) is 0 Å². The first-order chi connectivity index (χ1) is 10.4. The Labute approximate surface area is 123 Å². The van der Waals surface area contributed by atoms with Crippen molar-refractivity contribution in [3.05, 3.63) is 30.2 Å². The van der Waals surface area contributed by atoms with E-state index in [4.69, 9.17) is 4.74 Å². The van der Waals surface area contributed by atoms with Gasteiger partial charge in [-0.05, 0) is 19.3 Å². The molecule has 0 N–H and O–H groups in total. The molecule has 1 aliphatic heterocycles. The van der Waals surface area contributed by atoms with E-state index in [1.807, 2.05) is 4.68 Å². The SMILES string of the molecule is c1nc2c(c(N3CCOC(Cn4cncn4)C3)n1)CCC2. The van der Waals surface area contributed by atoms with Crippen molar-refractivity contribution in [2.45, 2.75) is 31.9 Å². The van der Waals surface area contributed by atoms with E-state index in [9.17, 15) is 0 Å². The molecule has 3 heterocycles. The zero-order valence-electron chi connectivity index (χ0n) is 11.9. The maximum Gasteiger partial charge on any atom is 0.137 e. The molecule has 21 heavy (non-hydrogen) atoms. The highest BCUT2D eigenvalue weighted by Crippen LogP contribution is 2.28. The van der Waals surface area contributed by atoms with Gasteiger partial charge in [0.1, 0.15) is 24.8 Å². The fraction of sp³-hybridized carbons (Fsp3) is 0.571. The molecular formula is C14H18N6O. The van der Waals surface area contributed by atoms with Crippen molar-refractivity contribution in [2.24, 2.45) is 0 Å². The zero-order chi connectivity index (χ0) is 14.1. The van der Waals surface area contributed by atoms with E-state index in [0.717, 1.165) is 44.9 Å². The predicted octanol–water partition coefficient (Wildman–Crippen LogP) is 0.462. The van der Waals surface area contributed by atoms with E-state index >= 15 is 0 Å². The van der Waals surface area contributed by atoms with Gasteiger partial charge >= 0.3 is 0 Å². The van der Waals surface area contributed by atoms with Gasteiger partial charge in [0, 0.05) is 24.3 Å². The summed E-state index contributed by atoms with van der Waals surface area (Å²) in [5.41, 5.74) is 2.55. The van der Waals surface area contributed by atoms with Crippen LogP contribution in [0, 0.1) is 0 Å². The van der Waals surface area contributed by atoms with Gasteiger partial charge in [-0.25, -0.2) is 15.0 Å². The van der Waals surface area contributed by atoms with Gasteiger partial charge in [0.05, 0.1) is 19.3 Å². The normalized spacial score (nSPS) is 21.5. The lowest BCUT2D eigenvalue weighted by atomic mass is 10.2. The van der Waals surface area contributed by atoms with E-state index in [-0.39, 0.29) is 6.10 Å². The van der Waals surface area contributed by atoms with E-state index in [1.54, 1.807) is 19.0 Å². The molecule has 0 saturated carbocycles. The van der Waals surface area contributed by atoms with Crippen molar-refractivity contribution < 1.29 is 4.74 Å². The predicted molar refractivity (Wildman–Crippen MR) is 76.0 cm³/mol. The van der Waals surface area contributed by atoms with Crippen LogP contribution in [-0.2, 0) is 24.1 Å². The van der Waals surface area contributed by atoms with Crippen LogP contribution < -0.4 is 4.90 Å². The van der Waals surface area contributed by atoms with Crippen LogP contribution in [0.25, 0.3) is 0 Å². The highest BCUT2D eigenvalue weighted by Gasteiger charge is 2.26. The molecule has 2 aromatic heterocycles. The zero-order valence-corrected chi connectivity index (χ0v) is 11.9. The Bertz CT molecular complexity index is 614. The van der Waals surface area contributed by atoms with E-state index in [0.29, 0.717) is 0 Å². The van der Waals surface area contributed by atoms with Crippen LogP contribution >= 0.6 is 0 Å². The van der Waals surface area contributed by atoms with Crippen molar-refractivity contribution in [2.75, 3.05) is 24.6 Å². The number of hydrogen-bond donors (Lipinski definition) is 0. The number of fused-ring (bicyclic) bond motifs is 1. The second-order valence-electron chi connectivity index (χ2n) is 5.53. The Kier molecular flexibility index (Phi) is 3.27. The van der Waals surface area contributed by atoms with Crippen molar-refractivity contribution in [3.63, 3.8) is 0 Å². The van der Waals surface area contributed by atoms with Crippen molar-refractivity contribution in [3.8, 4) is 0 Å². The van der Waals surface area contributed by atoms with Crippen LogP contribution in [0.4, 0.5) is 5.82 Å². The van der Waals surface area contributed by atoms with Gasteiger partial charge in [0.25, 0.3) is 0 Å². The molecule has 7 heteroatoms. The van der Waals surface area contributed by atoms with Gasteiger partial charge in [-0.1, -0.05) is 0 Å². The fourth-order valence-corrected chi connectivity index (χ4v) is 3.17. The monoisotopic (exact) mass is 286 g/mol. The number of ether oxygens (including phenoxy) is 1. The number of aromatic nitrogens is 5. The summed E-state index contributed by atoms with van der Waals surface area (Å²) in [7, 11) is 0. The van der Waals surface area contributed by atoms with Gasteiger partial charge in [-0.2, -0.15) is 5.10 Å². The second kappa shape index (κ2) is 5.40. The summed E-state index contributed by atoms with van der Waals surface area (Å²) in [6, 6.07) is 0. The third-order valence-electron chi connectivity index (χ3n) is 4.15. The first-order valence-corrected chi connectivity index (χ1v) is 7.42. The largest absolute Gasteiger partial charge is 0.373 e. The molecule has 4 rings (SSSR count). The minimum Gasteiger partial charge on any atom is -0.373 e. The summed E-state index contributed by atoms with van der Waals surface area (Å²) < 4.78 is 7.67. The molecule has 0 amide bonds. The average molecular weight is 286 g/mol. The number of morpholine rings is 1. The molecule has 2 aliphatic rings. The maximum atomic E-state index is 5.85. The number of rotatable bonds is 3. The minimum atomic E-state index is 0.118. The molecule has 1 atom stereocenters. The Hall–Kier alpha value is -2.02. The van der Waals surface area contributed by atoms with Crippen LogP contribution in [-0.4, -0.2) is 50.5 Å². The lowest BCUT2D eigenvalue weighted by molar-refractivity contribution is 0.0270. The molecule has 0 bridgehead atoms. The molecule has 1 aliphatic carbocycles. The molecule has 0 spiro atoms. The fourth-order valence-electron chi connectivity index (χ4n) is 3.17. The van der Waals surface area contributed by atoms with E-state index < -0.39 is 0 Å². The van der Waals surface area contributed by atoms with Crippen molar-refractivity contribution in [1.82, 2.24) is 24.7 Å². The number of anilines is 1. The summed E-state index contributed by atoms with van der Waals surface area (Å²) in [6.07, 6.45) is 8.46. The molecular weight excluding hydrogens is 268 g/mol. The molecule has 7 nitrogen and oxygen atoms in total. The van der Waals surface area contributed by atoms with Gasteiger partial charge in [0.2, 0.25) is 0 Å². The smallest absolute Gasteiger partial charge is 0.137 e. The Morgan fingerprint density at radius 3 is 3.14 bits per heavy atom. The lowest BCUT2D eigenvalue weighted by Crippen LogP contribution is -2.45.